The topological polar surface area (TPSA) is 56.1 Å². The number of rotatable bonds is 7. The van der Waals surface area contributed by atoms with Crippen LogP contribution in [0, 0.1) is 18.3 Å². The van der Waals surface area contributed by atoms with Gasteiger partial charge >= 0.3 is 0 Å². The number of halogens is 1. The lowest BCUT2D eigenvalue weighted by Crippen LogP contribution is -2.32. The van der Waals surface area contributed by atoms with Gasteiger partial charge in [0.1, 0.15) is 11.6 Å². The number of carbonyl (C=O) groups is 1. The van der Waals surface area contributed by atoms with E-state index in [0.29, 0.717) is 13.1 Å². The van der Waals surface area contributed by atoms with E-state index in [1.54, 1.807) is 12.2 Å². The molecular formula is C17H18BrN3O. The van der Waals surface area contributed by atoms with Crippen LogP contribution in [0.25, 0.3) is 0 Å². The van der Waals surface area contributed by atoms with Gasteiger partial charge in [-0.1, -0.05) is 18.2 Å². The minimum atomic E-state index is -0.363. The fraction of sp³-hybridized carbons (Fsp3) is 0.176. The Balaban J connectivity index is 2.94. The molecule has 0 aliphatic rings. The van der Waals surface area contributed by atoms with Crippen LogP contribution in [0.15, 0.2) is 59.8 Å². The fourth-order valence-electron chi connectivity index (χ4n) is 1.75. The summed E-state index contributed by atoms with van der Waals surface area (Å²) >= 11 is 3.44. The van der Waals surface area contributed by atoms with E-state index in [0.717, 1.165) is 15.7 Å². The van der Waals surface area contributed by atoms with Gasteiger partial charge in [0.2, 0.25) is 0 Å². The number of amides is 1. The van der Waals surface area contributed by atoms with Crippen LogP contribution in [-0.4, -0.2) is 23.9 Å². The van der Waals surface area contributed by atoms with E-state index in [-0.39, 0.29) is 11.5 Å². The molecule has 114 valence electrons. The summed E-state index contributed by atoms with van der Waals surface area (Å²) in [6.45, 7) is 9.92. The van der Waals surface area contributed by atoms with E-state index < -0.39 is 0 Å². The number of aryl methyl sites for hydroxylation is 1. The van der Waals surface area contributed by atoms with Crippen LogP contribution in [0.1, 0.15) is 5.56 Å². The molecule has 1 rings (SSSR count). The number of hydrogen-bond donors (Lipinski definition) is 1. The smallest absolute Gasteiger partial charge is 0.266 e. The second-order valence-corrected chi connectivity index (χ2v) is 5.44. The Labute approximate surface area is 139 Å². The first-order valence-corrected chi connectivity index (χ1v) is 7.46. The van der Waals surface area contributed by atoms with Crippen molar-refractivity contribution < 1.29 is 4.79 Å². The van der Waals surface area contributed by atoms with Gasteiger partial charge in [-0.2, -0.15) is 5.26 Å². The molecule has 0 unspecified atom stereocenters. The van der Waals surface area contributed by atoms with Crippen LogP contribution < -0.4 is 5.32 Å². The maximum atomic E-state index is 12.3. The lowest BCUT2D eigenvalue weighted by Gasteiger charge is -2.18. The molecule has 22 heavy (non-hydrogen) atoms. The number of benzene rings is 1. The molecule has 0 bridgehead atoms. The quantitative estimate of drug-likeness (QED) is 0.457. The zero-order valence-corrected chi connectivity index (χ0v) is 14.1. The van der Waals surface area contributed by atoms with Gasteiger partial charge in [0, 0.05) is 23.8 Å². The van der Waals surface area contributed by atoms with Crippen LogP contribution in [0.3, 0.4) is 0 Å². The summed E-state index contributed by atoms with van der Waals surface area (Å²) in [6.07, 6.45) is 4.64. The second-order valence-electron chi connectivity index (χ2n) is 4.58. The van der Waals surface area contributed by atoms with Gasteiger partial charge in [-0.15, -0.1) is 13.2 Å². The van der Waals surface area contributed by atoms with E-state index in [2.05, 4.69) is 34.4 Å². The van der Waals surface area contributed by atoms with Crippen molar-refractivity contribution in [3.05, 3.63) is 65.3 Å². The molecule has 0 aromatic heterocycles. The van der Waals surface area contributed by atoms with Gasteiger partial charge in [0.05, 0.1) is 5.69 Å². The van der Waals surface area contributed by atoms with E-state index in [9.17, 15) is 10.1 Å². The van der Waals surface area contributed by atoms with Gasteiger partial charge in [-0.25, -0.2) is 0 Å². The maximum absolute atomic E-state index is 12.3. The van der Waals surface area contributed by atoms with Crippen molar-refractivity contribution >= 4 is 27.5 Å². The van der Waals surface area contributed by atoms with E-state index in [1.165, 1.54) is 11.1 Å². The van der Waals surface area contributed by atoms with Crippen LogP contribution >= 0.6 is 15.9 Å². The van der Waals surface area contributed by atoms with Gasteiger partial charge in [-0.05, 0) is 40.5 Å². The lowest BCUT2D eigenvalue weighted by atomic mass is 10.2. The van der Waals surface area contributed by atoms with Crippen LogP contribution in [0.5, 0.6) is 0 Å². The molecule has 0 radical (unpaired) electrons. The van der Waals surface area contributed by atoms with Gasteiger partial charge in [0.25, 0.3) is 5.91 Å². The largest absolute Gasteiger partial charge is 0.359 e. The summed E-state index contributed by atoms with van der Waals surface area (Å²) in [4.78, 5) is 13.8. The van der Waals surface area contributed by atoms with Crippen LogP contribution in [0.4, 0.5) is 5.69 Å². The molecule has 0 atom stereocenters. The van der Waals surface area contributed by atoms with Crippen LogP contribution in [0.2, 0.25) is 0 Å². The Hall–Kier alpha value is -2.32. The maximum Gasteiger partial charge on any atom is 0.266 e. The van der Waals surface area contributed by atoms with Gasteiger partial charge < -0.3 is 10.2 Å². The highest BCUT2D eigenvalue weighted by atomic mass is 79.9. The molecule has 0 saturated heterocycles. The normalized spacial score (nSPS) is 10.5. The predicted molar refractivity (Wildman–Crippen MR) is 93.2 cm³/mol. The Morgan fingerprint density at radius 1 is 1.41 bits per heavy atom. The second kappa shape index (κ2) is 8.85. The zero-order chi connectivity index (χ0) is 16.5. The predicted octanol–water partition coefficient (Wildman–Crippen LogP) is 3.78. The molecule has 0 aliphatic carbocycles. The van der Waals surface area contributed by atoms with Crippen LogP contribution in [-0.2, 0) is 4.79 Å². The van der Waals surface area contributed by atoms with E-state index in [1.807, 2.05) is 31.2 Å². The molecule has 1 aromatic rings. The summed E-state index contributed by atoms with van der Waals surface area (Å²) in [5.41, 5.74) is 1.92. The SMILES string of the molecule is C=CCN(CC=C)C(=O)/C(C#N)=C\Nc1ccc(C)cc1Br. The molecule has 0 heterocycles. The van der Waals surface area contributed by atoms with Crippen molar-refractivity contribution in [1.29, 1.82) is 5.26 Å². The monoisotopic (exact) mass is 359 g/mol. The first-order valence-electron chi connectivity index (χ1n) is 6.67. The van der Waals surface area contributed by atoms with Gasteiger partial charge in [-0.3, -0.25) is 4.79 Å². The third-order valence-corrected chi connectivity index (χ3v) is 3.49. The summed E-state index contributed by atoms with van der Waals surface area (Å²) in [5.74, 6) is -0.363. The summed E-state index contributed by atoms with van der Waals surface area (Å²) in [5, 5.41) is 12.2. The Morgan fingerprint density at radius 2 is 2.05 bits per heavy atom. The van der Waals surface area contributed by atoms with E-state index >= 15 is 0 Å². The number of nitrogens with zero attached hydrogens (tertiary/aromatic N) is 2. The number of hydrogen-bond acceptors (Lipinski definition) is 3. The summed E-state index contributed by atoms with van der Waals surface area (Å²) < 4.78 is 0.863. The average molecular weight is 360 g/mol. The van der Waals surface area contributed by atoms with Crippen molar-refractivity contribution in [3.63, 3.8) is 0 Å². The molecule has 0 saturated carbocycles. The first kappa shape index (κ1) is 17.7. The molecule has 1 aromatic carbocycles. The average Bonchev–Trinajstić information content (AvgIpc) is 2.49. The number of nitriles is 1. The zero-order valence-electron chi connectivity index (χ0n) is 12.5. The minimum absolute atomic E-state index is 0.0242. The molecule has 0 spiro atoms. The highest BCUT2D eigenvalue weighted by Crippen LogP contribution is 2.23. The standard InChI is InChI=1S/C17H18BrN3O/c1-4-8-21(9-5-2)17(22)14(11-19)12-20-16-7-6-13(3)10-15(16)18/h4-7,10,12,20H,1-2,8-9H2,3H3/b14-12-. The minimum Gasteiger partial charge on any atom is -0.359 e. The third kappa shape index (κ3) is 4.90. The summed E-state index contributed by atoms with van der Waals surface area (Å²) in [7, 11) is 0. The molecule has 1 N–H and O–H groups in total. The van der Waals surface area contributed by atoms with Crippen molar-refractivity contribution in [1.82, 2.24) is 4.90 Å². The highest BCUT2D eigenvalue weighted by Gasteiger charge is 2.16. The molecular weight excluding hydrogens is 342 g/mol. The Morgan fingerprint density at radius 3 is 2.55 bits per heavy atom. The van der Waals surface area contributed by atoms with Crippen molar-refractivity contribution in [2.45, 2.75) is 6.92 Å². The first-order chi connectivity index (χ1) is 10.5. The van der Waals surface area contributed by atoms with E-state index in [4.69, 9.17) is 0 Å². The Bertz CT molecular complexity index is 634. The van der Waals surface area contributed by atoms with Crippen molar-refractivity contribution in [2.75, 3.05) is 18.4 Å². The third-order valence-electron chi connectivity index (χ3n) is 2.83. The molecule has 0 fully saturated rings. The van der Waals surface area contributed by atoms with Crippen molar-refractivity contribution in [2.24, 2.45) is 0 Å². The number of nitrogens with one attached hydrogen (secondary N) is 1. The number of carbonyl (C=O) groups excluding carboxylic acids is 1. The van der Waals surface area contributed by atoms with Gasteiger partial charge in [0.15, 0.2) is 0 Å². The summed E-state index contributed by atoms with van der Waals surface area (Å²) in [6, 6.07) is 7.69. The highest BCUT2D eigenvalue weighted by molar-refractivity contribution is 9.10. The molecule has 5 heteroatoms. The number of anilines is 1. The Kier molecular flexibility index (Phi) is 7.14. The lowest BCUT2D eigenvalue weighted by molar-refractivity contribution is -0.125. The fourth-order valence-corrected chi connectivity index (χ4v) is 2.36. The molecule has 4 nitrogen and oxygen atoms in total. The molecule has 1 amide bonds. The molecule has 0 aliphatic heterocycles. The van der Waals surface area contributed by atoms with Crippen molar-refractivity contribution in [3.8, 4) is 6.07 Å².